The van der Waals surface area contributed by atoms with Crippen LogP contribution in [0.3, 0.4) is 0 Å². The van der Waals surface area contributed by atoms with Crippen molar-refractivity contribution in [1.82, 2.24) is 0 Å². The van der Waals surface area contributed by atoms with Gasteiger partial charge in [-0.25, -0.2) is 0 Å². The summed E-state index contributed by atoms with van der Waals surface area (Å²) in [7, 11) is 0. The van der Waals surface area contributed by atoms with Crippen LogP contribution in [0.1, 0.15) is 39.5 Å². The summed E-state index contributed by atoms with van der Waals surface area (Å²) in [5.41, 5.74) is 0. The predicted octanol–water partition coefficient (Wildman–Crippen LogP) is 3.30. The fraction of sp³-hybridized carbons (Fsp3) is 0.909. The Morgan fingerprint density at radius 3 is 2.73 bits per heavy atom. The van der Waals surface area contributed by atoms with Crippen molar-refractivity contribution in [3.8, 4) is 0 Å². The molecule has 1 heterocycles. The van der Waals surface area contributed by atoms with Crippen molar-refractivity contribution in [2.24, 2.45) is 0 Å². The summed E-state index contributed by atoms with van der Waals surface area (Å²) < 4.78 is 5.96. The Hall–Kier alpha value is 0.170. The molecule has 88 valence electrons. The number of carbonyl (C=O) groups is 1. The van der Waals surface area contributed by atoms with Crippen LogP contribution in [0.25, 0.3) is 0 Å². The van der Waals surface area contributed by atoms with Crippen molar-refractivity contribution in [3.05, 3.63) is 0 Å². The van der Waals surface area contributed by atoms with E-state index in [2.05, 4.69) is 0 Å². The summed E-state index contributed by atoms with van der Waals surface area (Å²) in [4.78, 5) is 11.3. The zero-order chi connectivity index (χ0) is 11.1. The van der Waals surface area contributed by atoms with Gasteiger partial charge in [0.1, 0.15) is 6.10 Å². The topological polar surface area (TPSA) is 26.3 Å². The first-order valence-corrected chi connectivity index (χ1v) is 7.74. The molecular weight excluding hydrogens is 228 g/mol. The molecule has 4 heteroatoms. The molecule has 2 nitrogen and oxygen atoms in total. The molecule has 0 radical (unpaired) electrons. The van der Waals surface area contributed by atoms with E-state index < -0.39 is 0 Å². The van der Waals surface area contributed by atoms with Crippen LogP contribution in [0.5, 0.6) is 0 Å². The Balaban J connectivity index is 2.16. The van der Waals surface area contributed by atoms with Crippen LogP contribution in [0.2, 0.25) is 0 Å². The van der Waals surface area contributed by atoms with Gasteiger partial charge in [-0.1, -0.05) is 6.92 Å². The summed E-state index contributed by atoms with van der Waals surface area (Å²) in [6.07, 6.45) is 3.81. The van der Waals surface area contributed by atoms with Gasteiger partial charge in [0.2, 0.25) is 0 Å². The maximum absolute atomic E-state index is 11.3. The van der Waals surface area contributed by atoms with Crippen molar-refractivity contribution in [2.45, 2.75) is 50.2 Å². The van der Waals surface area contributed by atoms with Crippen LogP contribution in [-0.2, 0) is 9.53 Å². The number of hydrogen-bond acceptors (Lipinski definition) is 4. The fourth-order valence-electron chi connectivity index (χ4n) is 1.48. The van der Waals surface area contributed by atoms with Crippen molar-refractivity contribution >= 4 is 29.5 Å². The Morgan fingerprint density at radius 1 is 1.47 bits per heavy atom. The van der Waals surface area contributed by atoms with Crippen molar-refractivity contribution in [2.75, 3.05) is 11.5 Å². The van der Waals surface area contributed by atoms with Gasteiger partial charge in [0.25, 0.3) is 0 Å². The summed E-state index contributed by atoms with van der Waals surface area (Å²) in [6.45, 7) is 4.00. The third-order valence-electron chi connectivity index (χ3n) is 2.21. The molecule has 1 unspecified atom stereocenters. The third-order valence-corrected chi connectivity index (χ3v) is 5.20. The monoisotopic (exact) mass is 248 g/mol. The van der Waals surface area contributed by atoms with E-state index in [1.54, 1.807) is 0 Å². The second kappa shape index (κ2) is 7.44. The summed E-state index contributed by atoms with van der Waals surface area (Å²) in [5.74, 6) is 2.47. The highest BCUT2D eigenvalue weighted by Gasteiger charge is 2.19. The number of hydrogen-bond donors (Lipinski definition) is 0. The first-order chi connectivity index (χ1) is 7.22. The maximum Gasteiger partial charge on any atom is 0.306 e. The lowest BCUT2D eigenvalue weighted by atomic mass is 10.3. The van der Waals surface area contributed by atoms with Crippen LogP contribution < -0.4 is 0 Å². The minimum absolute atomic E-state index is 0.0455. The van der Waals surface area contributed by atoms with Crippen molar-refractivity contribution in [3.63, 3.8) is 0 Å². The number of thioether (sulfide) groups is 2. The number of carbonyl (C=O) groups excluding carboxylic acids is 1. The molecule has 1 rings (SSSR count). The quantitative estimate of drug-likeness (QED) is 0.697. The smallest absolute Gasteiger partial charge is 0.306 e. The van der Waals surface area contributed by atoms with Crippen LogP contribution in [0.15, 0.2) is 0 Å². The summed E-state index contributed by atoms with van der Waals surface area (Å²) in [6, 6.07) is 0. The van der Waals surface area contributed by atoms with Gasteiger partial charge in [0.05, 0.1) is 4.58 Å². The zero-order valence-electron chi connectivity index (χ0n) is 9.53. The Bertz CT molecular complexity index is 191. The molecule has 15 heavy (non-hydrogen) atoms. The molecule has 0 aromatic heterocycles. The molecule has 0 saturated carbocycles. The van der Waals surface area contributed by atoms with Gasteiger partial charge in [-0.05, 0) is 31.3 Å². The largest absolute Gasteiger partial charge is 0.463 e. The van der Waals surface area contributed by atoms with Gasteiger partial charge < -0.3 is 4.74 Å². The standard InChI is InChI=1S/C11H20O2S2/c1-3-5-10(12)13-9(2)8-11-14-6-4-7-15-11/h9,11H,3-8H2,1-2H3. The minimum Gasteiger partial charge on any atom is -0.463 e. The van der Waals surface area contributed by atoms with Gasteiger partial charge >= 0.3 is 5.97 Å². The molecule has 1 fully saturated rings. The Kier molecular flexibility index (Phi) is 6.57. The molecule has 1 aliphatic heterocycles. The lowest BCUT2D eigenvalue weighted by molar-refractivity contribution is -0.148. The second-order valence-corrected chi connectivity index (χ2v) is 6.73. The second-order valence-electron chi connectivity index (χ2n) is 3.81. The molecular formula is C11H20O2S2. The lowest BCUT2D eigenvalue weighted by Gasteiger charge is -2.23. The molecule has 0 amide bonds. The zero-order valence-corrected chi connectivity index (χ0v) is 11.2. The van der Waals surface area contributed by atoms with E-state index in [9.17, 15) is 4.79 Å². The Labute approximate surface area is 101 Å². The molecule has 0 aliphatic carbocycles. The average molecular weight is 248 g/mol. The third kappa shape index (κ3) is 5.71. The molecule has 0 bridgehead atoms. The number of esters is 1. The van der Waals surface area contributed by atoms with Crippen molar-refractivity contribution < 1.29 is 9.53 Å². The van der Waals surface area contributed by atoms with Crippen LogP contribution in [0, 0.1) is 0 Å². The molecule has 0 aromatic rings. The van der Waals surface area contributed by atoms with Gasteiger partial charge in [-0.3, -0.25) is 4.79 Å². The van der Waals surface area contributed by atoms with E-state index in [0.717, 1.165) is 12.8 Å². The van der Waals surface area contributed by atoms with Crippen molar-refractivity contribution in [1.29, 1.82) is 0 Å². The van der Waals surface area contributed by atoms with E-state index in [4.69, 9.17) is 4.74 Å². The first kappa shape index (κ1) is 13.2. The molecule has 0 aromatic carbocycles. The first-order valence-electron chi connectivity index (χ1n) is 5.65. The average Bonchev–Trinajstić information content (AvgIpc) is 2.19. The lowest BCUT2D eigenvalue weighted by Crippen LogP contribution is -2.20. The van der Waals surface area contributed by atoms with Crippen LogP contribution in [-0.4, -0.2) is 28.2 Å². The molecule has 1 atom stereocenters. The molecule has 1 aliphatic rings. The predicted molar refractivity (Wildman–Crippen MR) is 68.4 cm³/mol. The minimum atomic E-state index is -0.0455. The van der Waals surface area contributed by atoms with E-state index in [-0.39, 0.29) is 12.1 Å². The SMILES string of the molecule is CCCC(=O)OC(C)CC1SCCCS1. The number of rotatable bonds is 5. The van der Waals surface area contributed by atoms with Gasteiger partial charge in [-0.15, -0.1) is 23.5 Å². The van der Waals surface area contributed by atoms with E-state index in [1.165, 1.54) is 17.9 Å². The fourth-order valence-corrected chi connectivity index (χ4v) is 4.59. The molecule has 1 saturated heterocycles. The van der Waals surface area contributed by atoms with Gasteiger partial charge in [0.15, 0.2) is 0 Å². The number of ether oxygens (including phenoxy) is 1. The highest BCUT2D eigenvalue weighted by molar-refractivity contribution is 8.17. The maximum atomic E-state index is 11.3. The van der Waals surface area contributed by atoms with Gasteiger partial charge in [0, 0.05) is 12.8 Å². The van der Waals surface area contributed by atoms with Crippen LogP contribution >= 0.6 is 23.5 Å². The van der Waals surface area contributed by atoms with E-state index in [0.29, 0.717) is 11.0 Å². The van der Waals surface area contributed by atoms with Crippen LogP contribution in [0.4, 0.5) is 0 Å². The van der Waals surface area contributed by atoms with Gasteiger partial charge in [-0.2, -0.15) is 0 Å². The molecule has 0 spiro atoms. The normalized spacial score (nSPS) is 19.9. The van der Waals surface area contributed by atoms with E-state index in [1.807, 2.05) is 37.4 Å². The Morgan fingerprint density at radius 2 is 2.13 bits per heavy atom. The summed E-state index contributed by atoms with van der Waals surface area (Å²) in [5, 5.41) is 0. The van der Waals surface area contributed by atoms with E-state index >= 15 is 0 Å². The highest BCUT2D eigenvalue weighted by atomic mass is 32.2. The molecule has 0 N–H and O–H groups in total. The summed E-state index contributed by atoms with van der Waals surface area (Å²) >= 11 is 4.01. The highest BCUT2D eigenvalue weighted by Crippen LogP contribution is 2.34.